The third-order valence-electron chi connectivity index (χ3n) is 4.29. The van der Waals surface area contributed by atoms with Crippen molar-refractivity contribution in [2.24, 2.45) is 0 Å². The molecule has 2 saturated heterocycles. The van der Waals surface area contributed by atoms with Crippen molar-refractivity contribution in [1.29, 1.82) is 0 Å². The molecule has 0 saturated carbocycles. The topological polar surface area (TPSA) is 106 Å². The van der Waals surface area contributed by atoms with Gasteiger partial charge in [-0.15, -0.1) is 0 Å². The van der Waals surface area contributed by atoms with E-state index in [9.17, 15) is 21.6 Å². The van der Waals surface area contributed by atoms with Gasteiger partial charge in [-0.05, 0) is 25.5 Å². The number of hydrogen-bond donors (Lipinski definition) is 1. The molecule has 1 atom stereocenters. The van der Waals surface area contributed by atoms with Gasteiger partial charge in [0.25, 0.3) is 0 Å². The molecule has 2 aliphatic heterocycles. The molecule has 0 amide bonds. The SMILES string of the molecule is CCOC1CCOC2(C1)CN(S(=O)(=O)c1cccnc1)C2.O=C(O)C(F)(F)F. The molecule has 3 heterocycles. The van der Waals surface area contributed by atoms with Gasteiger partial charge in [0, 0.05) is 45.1 Å². The highest BCUT2D eigenvalue weighted by Gasteiger charge is 2.52. The third-order valence-corrected chi connectivity index (χ3v) is 6.07. The molecule has 28 heavy (non-hydrogen) atoms. The lowest BCUT2D eigenvalue weighted by Gasteiger charge is -2.52. The highest BCUT2D eigenvalue weighted by atomic mass is 32.2. The number of carboxylic acids is 1. The molecule has 12 heteroatoms. The van der Waals surface area contributed by atoms with Crippen molar-refractivity contribution in [3.8, 4) is 0 Å². The van der Waals surface area contributed by atoms with Crippen molar-refractivity contribution in [1.82, 2.24) is 9.29 Å². The first kappa shape index (κ1) is 22.5. The van der Waals surface area contributed by atoms with Crippen LogP contribution in [0, 0.1) is 0 Å². The van der Waals surface area contributed by atoms with Gasteiger partial charge in [0.05, 0.1) is 11.7 Å². The van der Waals surface area contributed by atoms with Crippen LogP contribution in [0.5, 0.6) is 0 Å². The predicted octanol–water partition coefficient (Wildman–Crippen LogP) is 1.67. The maximum atomic E-state index is 12.4. The Morgan fingerprint density at radius 2 is 2.11 bits per heavy atom. The molecule has 1 N–H and O–H groups in total. The lowest BCUT2D eigenvalue weighted by molar-refractivity contribution is -0.192. The summed E-state index contributed by atoms with van der Waals surface area (Å²) in [6.07, 6.45) is -0.323. The van der Waals surface area contributed by atoms with E-state index in [1.807, 2.05) is 6.92 Å². The number of aromatic nitrogens is 1. The lowest BCUT2D eigenvalue weighted by atomic mass is 9.86. The maximum absolute atomic E-state index is 12.4. The number of rotatable bonds is 4. The minimum Gasteiger partial charge on any atom is -0.475 e. The summed E-state index contributed by atoms with van der Waals surface area (Å²) in [7, 11) is -3.46. The number of carbonyl (C=O) groups is 1. The molecular formula is C16H21F3N2O6S. The second kappa shape index (κ2) is 8.72. The van der Waals surface area contributed by atoms with Crippen LogP contribution in [-0.2, 0) is 24.3 Å². The first-order valence-electron chi connectivity index (χ1n) is 8.46. The Morgan fingerprint density at radius 3 is 2.61 bits per heavy atom. The van der Waals surface area contributed by atoms with Crippen molar-refractivity contribution >= 4 is 16.0 Å². The summed E-state index contributed by atoms with van der Waals surface area (Å²) in [4.78, 5) is 13.0. The van der Waals surface area contributed by atoms with Crippen LogP contribution >= 0.6 is 0 Å². The monoisotopic (exact) mass is 426 g/mol. The number of aliphatic carboxylic acids is 1. The zero-order valence-electron chi connectivity index (χ0n) is 15.1. The highest BCUT2D eigenvalue weighted by molar-refractivity contribution is 7.89. The van der Waals surface area contributed by atoms with Gasteiger partial charge in [-0.25, -0.2) is 13.2 Å². The Morgan fingerprint density at radius 1 is 1.46 bits per heavy atom. The molecule has 3 rings (SSSR count). The molecule has 2 fully saturated rings. The molecule has 2 aliphatic rings. The van der Waals surface area contributed by atoms with Crippen LogP contribution in [0.15, 0.2) is 29.4 Å². The fourth-order valence-electron chi connectivity index (χ4n) is 3.00. The number of sulfonamides is 1. The quantitative estimate of drug-likeness (QED) is 0.781. The van der Waals surface area contributed by atoms with Crippen molar-refractivity contribution in [2.45, 2.75) is 42.5 Å². The molecule has 1 aromatic heterocycles. The Bertz CT molecular complexity index is 764. The van der Waals surface area contributed by atoms with Crippen LogP contribution in [0.2, 0.25) is 0 Å². The molecule has 158 valence electrons. The van der Waals surface area contributed by atoms with Gasteiger partial charge in [0.15, 0.2) is 0 Å². The largest absolute Gasteiger partial charge is 0.490 e. The molecule has 0 aliphatic carbocycles. The number of pyridine rings is 1. The van der Waals surface area contributed by atoms with Gasteiger partial charge in [-0.3, -0.25) is 4.98 Å². The molecule has 0 aromatic carbocycles. The fourth-order valence-corrected chi connectivity index (χ4v) is 4.55. The Balaban J connectivity index is 0.000000345. The number of halogens is 3. The van der Waals surface area contributed by atoms with E-state index in [-0.39, 0.29) is 16.6 Å². The van der Waals surface area contributed by atoms with E-state index < -0.39 is 22.2 Å². The standard InChI is InChI=1S/C14H20N2O4S.C2HF3O2/c1-2-19-12-5-7-20-14(8-12)10-16(11-14)21(17,18)13-4-3-6-15-9-13;3-2(4,5)1(6)7/h3-4,6,9,12H,2,5,7-8,10-11H2,1H3;(H,6,7). The normalized spacial score (nSPS) is 22.1. The van der Waals surface area contributed by atoms with E-state index in [1.165, 1.54) is 10.5 Å². The van der Waals surface area contributed by atoms with E-state index in [4.69, 9.17) is 19.4 Å². The molecule has 0 radical (unpaired) electrons. The molecular weight excluding hydrogens is 405 g/mol. The smallest absolute Gasteiger partial charge is 0.475 e. The van der Waals surface area contributed by atoms with Crippen LogP contribution in [-0.4, -0.2) is 73.0 Å². The summed E-state index contributed by atoms with van der Waals surface area (Å²) in [5, 5.41) is 7.12. The van der Waals surface area contributed by atoms with Gasteiger partial charge in [0.1, 0.15) is 4.90 Å². The zero-order chi connectivity index (χ0) is 21.0. The second-order valence-corrected chi connectivity index (χ2v) is 8.30. The average molecular weight is 426 g/mol. The van der Waals surface area contributed by atoms with Crippen LogP contribution in [0.25, 0.3) is 0 Å². The van der Waals surface area contributed by atoms with Crippen LogP contribution in [0.3, 0.4) is 0 Å². The molecule has 8 nitrogen and oxygen atoms in total. The minimum atomic E-state index is -5.08. The van der Waals surface area contributed by atoms with E-state index in [1.54, 1.807) is 18.3 Å². The molecule has 0 bridgehead atoms. The summed E-state index contributed by atoms with van der Waals surface area (Å²) in [6, 6.07) is 3.20. The van der Waals surface area contributed by atoms with Crippen molar-refractivity contribution in [2.75, 3.05) is 26.3 Å². The molecule has 1 aromatic rings. The van der Waals surface area contributed by atoms with Gasteiger partial charge in [0.2, 0.25) is 10.0 Å². The summed E-state index contributed by atoms with van der Waals surface area (Å²) in [5.41, 5.74) is -0.368. The zero-order valence-corrected chi connectivity index (χ0v) is 15.9. The minimum absolute atomic E-state index is 0.173. The summed E-state index contributed by atoms with van der Waals surface area (Å²) >= 11 is 0. The van der Waals surface area contributed by atoms with Gasteiger partial charge >= 0.3 is 12.1 Å². The molecule has 1 spiro atoms. The maximum Gasteiger partial charge on any atom is 0.490 e. The Hall–Kier alpha value is -1.76. The van der Waals surface area contributed by atoms with Crippen LogP contribution in [0.1, 0.15) is 19.8 Å². The van der Waals surface area contributed by atoms with Crippen molar-refractivity contribution < 1.29 is 41.0 Å². The first-order chi connectivity index (χ1) is 13.0. The summed E-state index contributed by atoms with van der Waals surface area (Å²) in [5.74, 6) is -2.76. The lowest BCUT2D eigenvalue weighted by Crippen LogP contribution is -2.67. The van der Waals surface area contributed by atoms with Gasteiger partial charge in [-0.2, -0.15) is 17.5 Å². The summed E-state index contributed by atoms with van der Waals surface area (Å²) in [6.45, 7) is 4.08. The number of hydrogen-bond acceptors (Lipinski definition) is 6. The van der Waals surface area contributed by atoms with Crippen LogP contribution in [0.4, 0.5) is 13.2 Å². The van der Waals surface area contributed by atoms with Crippen molar-refractivity contribution in [3.63, 3.8) is 0 Å². The van der Waals surface area contributed by atoms with Crippen LogP contribution < -0.4 is 0 Å². The number of carboxylic acid groups (broad SMARTS) is 1. The Labute approximate surface area is 160 Å². The number of nitrogens with zero attached hydrogens (tertiary/aromatic N) is 2. The van der Waals surface area contributed by atoms with Crippen molar-refractivity contribution in [3.05, 3.63) is 24.5 Å². The van der Waals surface area contributed by atoms with E-state index in [0.29, 0.717) is 26.3 Å². The fraction of sp³-hybridized carbons (Fsp3) is 0.625. The highest BCUT2D eigenvalue weighted by Crippen LogP contribution is 2.38. The van der Waals surface area contributed by atoms with E-state index in [0.717, 1.165) is 12.8 Å². The average Bonchev–Trinajstić information content (AvgIpc) is 2.60. The predicted molar refractivity (Wildman–Crippen MR) is 90.0 cm³/mol. The number of alkyl halides is 3. The molecule has 1 unspecified atom stereocenters. The van der Waals surface area contributed by atoms with E-state index in [2.05, 4.69) is 4.98 Å². The van der Waals surface area contributed by atoms with Gasteiger partial charge < -0.3 is 14.6 Å². The first-order valence-corrected chi connectivity index (χ1v) is 9.90. The second-order valence-electron chi connectivity index (χ2n) is 6.37. The Kier molecular flexibility index (Phi) is 7.02. The van der Waals surface area contributed by atoms with E-state index >= 15 is 0 Å². The number of ether oxygens (including phenoxy) is 2. The third kappa shape index (κ3) is 5.40. The summed E-state index contributed by atoms with van der Waals surface area (Å²) < 4.78 is 69.6. The van der Waals surface area contributed by atoms with Gasteiger partial charge in [-0.1, -0.05) is 0 Å².